The quantitative estimate of drug-likeness (QED) is 0.0828. The molecule has 1 saturated heterocycles. The zero-order valence-electron chi connectivity index (χ0n) is 25.8. The van der Waals surface area contributed by atoms with Gasteiger partial charge in [-0.3, -0.25) is 23.7 Å². The topological polar surface area (TPSA) is 226 Å². The van der Waals surface area contributed by atoms with E-state index in [0.29, 0.717) is 4.57 Å². The molecule has 1 fully saturated rings. The van der Waals surface area contributed by atoms with Gasteiger partial charge in [0.25, 0.3) is 5.56 Å². The molecular formula is C25H37ClFN2O16P. The van der Waals surface area contributed by atoms with Gasteiger partial charge in [-0.1, -0.05) is 6.92 Å². The monoisotopic (exact) mass is 706 g/mol. The van der Waals surface area contributed by atoms with Gasteiger partial charge in [0.1, 0.15) is 17.7 Å². The second kappa shape index (κ2) is 16.7. The number of aromatic nitrogens is 2. The van der Waals surface area contributed by atoms with Crippen LogP contribution in [-0.2, 0) is 51.4 Å². The van der Waals surface area contributed by atoms with E-state index in [1.165, 1.54) is 27.7 Å². The number of H-pyrrole nitrogens is 1. The van der Waals surface area contributed by atoms with Crippen molar-refractivity contribution in [1.29, 1.82) is 0 Å². The van der Waals surface area contributed by atoms with Gasteiger partial charge in [0.2, 0.25) is 13.6 Å². The largest absolute Gasteiger partial charge is 0.510 e. The molecule has 0 aliphatic carbocycles. The van der Waals surface area contributed by atoms with Gasteiger partial charge in [-0.05, 0) is 41.0 Å². The number of nitrogens with one attached hydrogen (secondary N) is 1. The number of nitrogens with zero attached hydrogens (tertiary/aromatic N) is 1. The van der Waals surface area contributed by atoms with Gasteiger partial charge in [-0.25, -0.2) is 32.4 Å². The van der Waals surface area contributed by atoms with Gasteiger partial charge < -0.3 is 33.5 Å². The Hall–Kier alpha value is -3.06. The summed E-state index contributed by atoms with van der Waals surface area (Å²) in [6.45, 7) is 3.60. The molecule has 5 atom stereocenters. The van der Waals surface area contributed by atoms with E-state index >= 15 is 4.39 Å². The molecule has 0 amide bonds. The standard InChI is InChI=1S/C25H37ClFN2O16P/c1-7-16(26)18(31)44-19-24(6,35)20(29-9-8-17(30)28-21(29)32)45-25(19,10-27)11-39-46(36,40-12-37-22(33)42-14(2)3)41-13-38-23(34)43-15(4)5/h8-9,14-16,19-20,35H,7,10-13H2,1-6H3,(H,28,30,32)/t16?,19-,20+,24+,25+/m0/s1. The van der Waals surface area contributed by atoms with E-state index in [-0.39, 0.29) is 6.42 Å². The first-order valence-electron chi connectivity index (χ1n) is 13.7. The number of phosphoric acid groups is 1. The molecule has 46 heavy (non-hydrogen) atoms. The molecule has 0 spiro atoms. The Morgan fingerprint density at radius 3 is 2.09 bits per heavy atom. The molecule has 1 aromatic rings. The van der Waals surface area contributed by atoms with Crippen molar-refractivity contribution in [3.05, 3.63) is 33.1 Å². The van der Waals surface area contributed by atoms with Crippen molar-refractivity contribution in [2.75, 3.05) is 26.9 Å². The minimum Gasteiger partial charge on any atom is -0.455 e. The maximum atomic E-state index is 15.0. The molecular weight excluding hydrogens is 670 g/mol. The molecule has 1 unspecified atom stereocenters. The molecule has 2 N–H and O–H groups in total. The first kappa shape index (κ1) is 39.1. The maximum absolute atomic E-state index is 15.0. The molecule has 0 saturated carbocycles. The third-order valence-corrected chi connectivity index (χ3v) is 7.71. The number of aliphatic hydroxyl groups is 1. The fraction of sp³-hybridized carbons (Fsp3) is 0.720. The molecule has 1 aliphatic rings. The Kier molecular flexibility index (Phi) is 14.2. The Morgan fingerprint density at radius 1 is 1.09 bits per heavy atom. The number of esters is 1. The first-order valence-corrected chi connectivity index (χ1v) is 15.6. The van der Waals surface area contributed by atoms with Crippen LogP contribution in [0.2, 0.25) is 0 Å². The molecule has 2 rings (SSSR count). The number of carbonyl (C=O) groups excluding carboxylic acids is 3. The van der Waals surface area contributed by atoms with Crippen LogP contribution in [-0.4, -0.2) is 94.7 Å². The highest BCUT2D eigenvalue weighted by molar-refractivity contribution is 7.48. The number of carbonyl (C=O) groups is 3. The van der Waals surface area contributed by atoms with E-state index in [2.05, 4.69) is 9.47 Å². The highest BCUT2D eigenvalue weighted by Gasteiger charge is 2.65. The van der Waals surface area contributed by atoms with E-state index in [4.69, 9.17) is 44.1 Å². The number of alkyl halides is 2. The lowest BCUT2D eigenvalue weighted by molar-refractivity contribution is -0.175. The maximum Gasteiger partial charge on any atom is 0.510 e. The van der Waals surface area contributed by atoms with Crippen molar-refractivity contribution >= 4 is 37.7 Å². The SMILES string of the molecule is CCC(Cl)C(=O)O[C@@H]1[C@@](CF)(COP(=O)(OCOC(=O)OC(C)C)OCOC(=O)OC(C)C)O[C@@H](n2ccc(=O)[nH]c2=O)[C@]1(C)O. The number of rotatable bonds is 16. The number of hydrogen-bond donors (Lipinski definition) is 2. The Morgan fingerprint density at radius 2 is 1.63 bits per heavy atom. The third-order valence-electron chi connectivity index (χ3n) is 5.94. The van der Waals surface area contributed by atoms with Gasteiger partial charge in [-0.15, -0.1) is 11.6 Å². The summed E-state index contributed by atoms with van der Waals surface area (Å²) in [5.41, 5.74) is -6.88. The van der Waals surface area contributed by atoms with Crippen molar-refractivity contribution in [1.82, 2.24) is 9.55 Å². The molecule has 262 valence electrons. The fourth-order valence-electron chi connectivity index (χ4n) is 3.88. The van der Waals surface area contributed by atoms with Crippen LogP contribution in [0.4, 0.5) is 14.0 Å². The van der Waals surface area contributed by atoms with Crippen LogP contribution < -0.4 is 11.2 Å². The Labute approximate surface area is 266 Å². The average Bonchev–Trinajstić information content (AvgIpc) is 3.17. The van der Waals surface area contributed by atoms with Gasteiger partial charge in [0, 0.05) is 12.3 Å². The lowest BCUT2D eigenvalue weighted by atomic mass is 9.88. The van der Waals surface area contributed by atoms with Crippen molar-refractivity contribution < 1.29 is 70.4 Å². The number of aromatic amines is 1. The zero-order valence-corrected chi connectivity index (χ0v) is 27.4. The van der Waals surface area contributed by atoms with Crippen LogP contribution in [0.1, 0.15) is 54.2 Å². The smallest absolute Gasteiger partial charge is 0.455 e. The molecule has 1 aliphatic heterocycles. The summed E-state index contributed by atoms with van der Waals surface area (Å²) in [6.07, 6.45) is -6.51. The third kappa shape index (κ3) is 10.5. The van der Waals surface area contributed by atoms with Crippen molar-refractivity contribution in [2.45, 2.75) is 89.1 Å². The summed E-state index contributed by atoms with van der Waals surface area (Å²) in [7, 11) is -5.02. The average molecular weight is 707 g/mol. The summed E-state index contributed by atoms with van der Waals surface area (Å²) >= 11 is 5.99. The van der Waals surface area contributed by atoms with Crippen LogP contribution in [0.5, 0.6) is 0 Å². The number of ether oxygens (including phenoxy) is 6. The minimum absolute atomic E-state index is 0.0629. The molecule has 21 heteroatoms. The lowest BCUT2D eigenvalue weighted by Gasteiger charge is -2.35. The van der Waals surface area contributed by atoms with Gasteiger partial charge in [0.15, 0.2) is 17.9 Å². The Balaban J connectivity index is 2.44. The fourth-order valence-corrected chi connectivity index (χ4v) is 4.90. The summed E-state index contributed by atoms with van der Waals surface area (Å²) in [5.74, 6) is -1.12. The molecule has 18 nitrogen and oxygen atoms in total. The summed E-state index contributed by atoms with van der Waals surface area (Å²) < 4.78 is 74.4. The molecule has 0 bridgehead atoms. The van der Waals surface area contributed by atoms with Crippen LogP contribution in [0.15, 0.2) is 21.9 Å². The normalized spacial score (nSPS) is 23.6. The summed E-state index contributed by atoms with van der Waals surface area (Å²) in [5, 5.41) is 10.3. The molecule has 0 radical (unpaired) electrons. The van der Waals surface area contributed by atoms with Crippen LogP contribution in [0, 0.1) is 0 Å². The van der Waals surface area contributed by atoms with E-state index in [9.17, 15) is 33.6 Å². The highest BCUT2D eigenvalue weighted by atomic mass is 35.5. The second-order valence-corrected chi connectivity index (χ2v) is 12.6. The first-order chi connectivity index (χ1) is 21.4. The number of phosphoric ester groups is 1. The lowest BCUT2D eigenvalue weighted by Crippen LogP contribution is -2.56. The van der Waals surface area contributed by atoms with E-state index in [1.54, 1.807) is 6.92 Å². The molecule has 2 heterocycles. The van der Waals surface area contributed by atoms with Crippen molar-refractivity contribution in [2.24, 2.45) is 0 Å². The van der Waals surface area contributed by atoms with Gasteiger partial charge in [0.05, 0.1) is 18.8 Å². The Bertz CT molecular complexity index is 1340. The highest BCUT2D eigenvalue weighted by Crippen LogP contribution is 2.53. The van der Waals surface area contributed by atoms with Gasteiger partial charge in [-0.2, -0.15) is 0 Å². The second-order valence-electron chi connectivity index (χ2n) is 10.4. The predicted octanol–water partition coefficient (Wildman–Crippen LogP) is 2.65. The van der Waals surface area contributed by atoms with Crippen molar-refractivity contribution in [3.63, 3.8) is 0 Å². The van der Waals surface area contributed by atoms with Crippen LogP contribution in [0.25, 0.3) is 0 Å². The summed E-state index contributed by atoms with van der Waals surface area (Å²) in [4.78, 5) is 62.3. The van der Waals surface area contributed by atoms with Crippen molar-refractivity contribution in [3.8, 4) is 0 Å². The molecule has 1 aromatic heterocycles. The number of hydrogen-bond acceptors (Lipinski definition) is 16. The van der Waals surface area contributed by atoms with E-state index in [1.807, 2.05) is 4.98 Å². The van der Waals surface area contributed by atoms with E-state index in [0.717, 1.165) is 19.2 Å². The van der Waals surface area contributed by atoms with Crippen LogP contribution in [0.3, 0.4) is 0 Å². The summed E-state index contributed by atoms with van der Waals surface area (Å²) in [6, 6.07) is 0.907. The molecule has 0 aromatic carbocycles. The number of halogens is 2. The van der Waals surface area contributed by atoms with Crippen LogP contribution >= 0.6 is 19.4 Å². The van der Waals surface area contributed by atoms with E-state index < -0.39 is 105 Å². The predicted molar refractivity (Wildman–Crippen MR) is 151 cm³/mol. The minimum atomic E-state index is -5.02. The van der Waals surface area contributed by atoms with Gasteiger partial charge >= 0.3 is 31.8 Å². The zero-order chi connectivity index (χ0) is 34.9.